The molecule has 0 saturated heterocycles. The number of hydrogen-bond donors (Lipinski definition) is 1. The van der Waals surface area contributed by atoms with Crippen LogP contribution in [0.1, 0.15) is 46.0 Å². The topological polar surface area (TPSA) is 60.0 Å². The summed E-state index contributed by atoms with van der Waals surface area (Å²) in [5, 5.41) is 8.44. The van der Waals surface area contributed by atoms with E-state index in [4.69, 9.17) is 10.1 Å². The number of fused-ring (bicyclic) bond motifs is 1. The zero-order chi connectivity index (χ0) is 16.7. The van der Waals surface area contributed by atoms with Gasteiger partial charge in [-0.3, -0.25) is 14.8 Å². The van der Waals surface area contributed by atoms with E-state index in [0.29, 0.717) is 12.2 Å². The molecule has 0 aliphatic heterocycles. The standard InChI is InChI=1S/C18H27N3O2.BrH/c1-3-5-6-7-10-13-20-15-11-8-9-12-16(15)21(18(20)19)14-17(22)23-4-2;/h8-9,11-12,19H,3-7,10,13-14H2,1-2H3;1H. The molecular formula is C18H28BrN3O2. The number of halogens is 1. The van der Waals surface area contributed by atoms with Gasteiger partial charge in [0.05, 0.1) is 17.6 Å². The van der Waals surface area contributed by atoms with Crippen molar-refractivity contribution in [3.8, 4) is 0 Å². The molecule has 24 heavy (non-hydrogen) atoms. The summed E-state index contributed by atoms with van der Waals surface area (Å²) in [7, 11) is 0. The number of rotatable bonds is 9. The molecule has 1 heterocycles. The first kappa shape index (κ1) is 20.5. The van der Waals surface area contributed by atoms with Gasteiger partial charge in [-0.2, -0.15) is 0 Å². The monoisotopic (exact) mass is 397 g/mol. The van der Waals surface area contributed by atoms with E-state index < -0.39 is 0 Å². The van der Waals surface area contributed by atoms with Crippen molar-refractivity contribution in [2.75, 3.05) is 6.61 Å². The Hall–Kier alpha value is -1.56. The van der Waals surface area contributed by atoms with Crippen LogP contribution in [0, 0.1) is 5.41 Å². The zero-order valence-electron chi connectivity index (χ0n) is 14.6. The Morgan fingerprint density at radius 1 is 1.04 bits per heavy atom. The number of imidazole rings is 1. The number of aryl methyl sites for hydroxylation is 1. The summed E-state index contributed by atoms with van der Waals surface area (Å²) >= 11 is 0. The van der Waals surface area contributed by atoms with E-state index in [2.05, 4.69) is 6.92 Å². The van der Waals surface area contributed by atoms with E-state index >= 15 is 0 Å². The number of nitrogens with zero attached hydrogens (tertiary/aromatic N) is 2. The van der Waals surface area contributed by atoms with Crippen LogP contribution < -0.4 is 5.62 Å². The summed E-state index contributed by atoms with van der Waals surface area (Å²) in [6.45, 7) is 5.28. The van der Waals surface area contributed by atoms with Gasteiger partial charge in [0.2, 0.25) is 5.62 Å². The average molecular weight is 398 g/mol. The maximum atomic E-state index is 11.8. The summed E-state index contributed by atoms with van der Waals surface area (Å²) in [6, 6.07) is 7.89. The maximum Gasteiger partial charge on any atom is 0.326 e. The number of benzene rings is 1. The molecular weight excluding hydrogens is 370 g/mol. The molecule has 134 valence electrons. The molecule has 0 saturated carbocycles. The van der Waals surface area contributed by atoms with Crippen LogP contribution in [0.15, 0.2) is 24.3 Å². The van der Waals surface area contributed by atoms with Crippen molar-refractivity contribution in [3.05, 3.63) is 29.9 Å². The molecule has 0 aliphatic rings. The third kappa shape index (κ3) is 4.97. The molecule has 1 aromatic heterocycles. The second kappa shape index (κ2) is 10.3. The molecule has 2 aromatic rings. The van der Waals surface area contributed by atoms with Crippen LogP contribution in [0.3, 0.4) is 0 Å². The van der Waals surface area contributed by atoms with Crippen LogP contribution in [0.2, 0.25) is 0 Å². The fourth-order valence-electron chi connectivity index (χ4n) is 2.89. The molecule has 0 bridgehead atoms. The summed E-state index contributed by atoms with van der Waals surface area (Å²) in [4.78, 5) is 11.8. The highest BCUT2D eigenvalue weighted by atomic mass is 79.9. The Morgan fingerprint density at radius 3 is 2.29 bits per heavy atom. The van der Waals surface area contributed by atoms with Crippen LogP contribution in [0.5, 0.6) is 0 Å². The highest BCUT2D eigenvalue weighted by Crippen LogP contribution is 2.14. The van der Waals surface area contributed by atoms with Gasteiger partial charge in [0.15, 0.2) is 0 Å². The second-order valence-corrected chi connectivity index (χ2v) is 5.77. The molecule has 1 aromatic carbocycles. The number of hydrogen-bond acceptors (Lipinski definition) is 3. The number of carbonyl (C=O) groups is 1. The van der Waals surface area contributed by atoms with Gasteiger partial charge < -0.3 is 9.30 Å². The first-order valence-corrected chi connectivity index (χ1v) is 8.57. The third-order valence-corrected chi connectivity index (χ3v) is 4.05. The highest BCUT2D eigenvalue weighted by Gasteiger charge is 2.13. The normalized spacial score (nSPS) is 10.6. The lowest BCUT2D eigenvalue weighted by Gasteiger charge is -2.05. The Kier molecular flexibility index (Phi) is 8.82. The predicted molar refractivity (Wildman–Crippen MR) is 101 cm³/mol. The molecule has 0 spiro atoms. The summed E-state index contributed by atoms with van der Waals surface area (Å²) in [5.41, 5.74) is 2.30. The van der Waals surface area contributed by atoms with Gasteiger partial charge in [-0.1, -0.05) is 44.7 Å². The SMILES string of the molecule is Br.CCCCCCCn1c(=N)n(CC(=O)OCC)c2ccccc21. The van der Waals surface area contributed by atoms with Crippen molar-refractivity contribution in [1.29, 1.82) is 5.41 Å². The number of unbranched alkanes of at least 4 members (excludes halogenated alkanes) is 4. The van der Waals surface area contributed by atoms with Crippen LogP contribution in [0.4, 0.5) is 0 Å². The average Bonchev–Trinajstić information content (AvgIpc) is 2.80. The van der Waals surface area contributed by atoms with Crippen molar-refractivity contribution < 1.29 is 9.53 Å². The fraction of sp³-hybridized carbons (Fsp3) is 0.556. The van der Waals surface area contributed by atoms with Crippen molar-refractivity contribution in [2.24, 2.45) is 0 Å². The van der Waals surface area contributed by atoms with Crippen molar-refractivity contribution >= 4 is 34.0 Å². The lowest BCUT2D eigenvalue weighted by Crippen LogP contribution is -2.28. The minimum absolute atomic E-state index is 0. The molecule has 0 aliphatic carbocycles. The Bertz CT molecular complexity index is 706. The van der Waals surface area contributed by atoms with Gasteiger partial charge in [0.25, 0.3) is 0 Å². The molecule has 0 atom stereocenters. The maximum absolute atomic E-state index is 11.8. The van der Waals surface area contributed by atoms with E-state index in [1.54, 1.807) is 11.5 Å². The molecule has 0 fully saturated rings. The Morgan fingerprint density at radius 2 is 1.67 bits per heavy atom. The summed E-state index contributed by atoms with van der Waals surface area (Å²) < 4.78 is 8.77. The first-order chi connectivity index (χ1) is 11.2. The van der Waals surface area contributed by atoms with Crippen molar-refractivity contribution in [2.45, 2.75) is 59.0 Å². The molecule has 0 unspecified atom stereocenters. The molecule has 0 radical (unpaired) electrons. The summed E-state index contributed by atoms with van der Waals surface area (Å²) in [5.74, 6) is -0.295. The molecule has 1 N–H and O–H groups in total. The molecule has 2 rings (SSSR count). The molecule has 0 amide bonds. The fourth-order valence-corrected chi connectivity index (χ4v) is 2.89. The van der Waals surface area contributed by atoms with Gasteiger partial charge in [-0.15, -0.1) is 17.0 Å². The zero-order valence-corrected chi connectivity index (χ0v) is 16.3. The van der Waals surface area contributed by atoms with Crippen molar-refractivity contribution in [3.63, 3.8) is 0 Å². The number of carbonyl (C=O) groups excluding carboxylic acids is 1. The van der Waals surface area contributed by atoms with Crippen LogP contribution in [-0.4, -0.2) is 21.7 Å². The minimum Gasteiger partial charge on any atom is -0.465 e. The van der Waals surface area contributed by atoms with Crippen LogP contribution in [-0.2, 0) is 22.6 Å². The van der Waals surface area contributed by atoms with Gasteiger partial charge in [0.1, 0.15) is 6.54 Å². The van der Waals surface area contributed by atoms with E-state index in [-0.39, 0.29) is 29.5 Å². The second-order valence-electron chi connectivity index (χ2n) is 5.77. The van der Waals surface area contributed by atoms with Crippen molar-refractivity contribution in [1.82, 2.24) is 9.13 Å². The largest absolute Gasteiger partial charge is 0.465 e. The smallest absolute Gasteiger partial charge is 0.326 e. The first-order valence-electron chi connectivity index (χ1n) is 8.57. The van der Waals surface area contributed by atoms with Gasteiger partial charge in [-0.05, 0) is 25.5 Å². The number of aromatic nitrogens is 2. The molecule has 5 nitrogen and oxygen atoms in total. The highest BCUT2D eigenvalue weighted by molar-refractivity contribution is 8.93. The Balaban J connectivity index is 0.00000288. The minimum atomic E-state index is -0.295. The van der Waals surface area contributed by atoms with E-state index in [0.717, 1.165) is 24.0 Å². The number of nitrogens with one attached hydrogen (secondary N) is 1. The van der Waals surface area contributed by atoms with Crippen LogP contribution >= 0.6 is 17.0 Å². The van der Waals surface area contributed by atoms with E-state index in [1.165, 1.54) is 25.7 Å². The van der Waals surface area contributed by atoms with Gasteiger partial charge in [-0.25, -0.2) is 0 Å². The quantitative estimate of drug-likeness (QED) is 0.512. The van der Waals surface area contributed by atoms with Crippen LogP contribution in [0.25, 0.3) is 11.0 Å². The molecule has 6 heteroatoms. The predicted octanol–water partition coefficient (Wildman–Crippen LogP) is 4.03. The number of ether oxygens (including phenoxy) is 1. The lowest BCUT2D eigenvalue weighted by molar-refractivity contribution is -0.143. The Labute approximate surface area is 153 Å². The van der Waals surface area contributed by atoms with Gasteiger partial charge >= 0.3 is 5.97 Å². The van der Waals surface area contributed by atoms with E-state index in [1.807, 2.05) is 28.8 Å². The summed E-state index contributed by atoms with van der Waals surface area (Å²) in [6.07, 6.45) is 5.98. The third-order valence-electron chi connectivity index (χ3n) is 4.05. The lowest BCUT2D eigenvalue weighted by atomic mass is 10.1. The number of para-hydroxylation sites is 2. The van der Waals surface area contributed by atoms with Gasteiger partial charge in [0, 0.05) is 6.54 Å². The van der Waals surface area contributed by atoms with E-state index in [9.17, 15) is 4.79 Å². The number of esters is 1.